The quantitative estimate of drug-likeness (QED) is 0.802. The van der Waals surface area contributed by atoms with Crippen molar-refractivity contribution >= 4 is 31.5 Å². The minimum Gasteiger partial charge on any atom is -0.395 e. The van der Waals surface area contributed by atoms with Crippen molar-refractivity contribution in [2.75, 3.05) is 12.9 Å². The Morgan fingerprint density at radius 3 is 2.76 bits per heavy atom. The van der Waals surface area contributed by atoms with E-state index in [1.165, 1.54) is 6.26 Å². The third kappa shape index (κ3) is 2.69. The molecule has 0 atom stereocenters. The van der Waals surface area contributed by atoms with Crippen LogP contribution in [0.1, 0.15) is 17.5 Å². The topological polar surface area (TPSA) is 55.7 Å². The van der Waals surface area contributed by atoms with Gasteiger partial charge in [0.1, 0.15) is 6.61 Å². The van der Waals surface area contributed by atoms with Gasteiger partial charge >= 0.3 is 0 Å². The van der Waals surface area contributed by atoms with Crippen LogP contribution in [0.2, 0.25) is 0 Å². The molecule has 6 heteroatoms. The van der Waals surface area contributed by atoms with Crippen LogP contribution in [-0.2, 0) is 20.0 Å². The first-order valence-corrected chi connectivity index (χ1v) is 8.12. The van der Waals surface area contributed by atoms with E-state index in [1.54, 1.807) is 12.1 Å². The average Bonchev–Trinajstić information content (AvgIpc) is 2.80. The number of nitrogens with zero attached hydrogens (tertiary/aromatic N) is 1. The SMILES string of the molecule is CS(=O)(=O)c1ccc(CBr)cc1C1=NOCC1. The molecule has 17 heavy (non-hydrogen) atoms. The number of sulfone groups is 1. The summed E-state index contributed by atoms with van der Waals surface area (Å²) in [6.07, 6.45) is 1.85. The Morgan fingerprint density at radius 2 is 2.24 bits per heavy atom. The molecule has 1 aliphatic rings. The number of hydrogen-bond acceptors (Lipinski definition) is 4. The highest BCUT2D eigenvalue weighted by atomic mass is 79.9. The fraction of sp³-hybridized carbons (Fsp3) is 0.364. The van der Waals surface area contributed by atoms with Crippen LogP contribution in [0.15, 0.2) is 28.3 Å². The first-order valence-electron chi connectivity index (χ1n) is 5.10. The van der Waals surface area contributed by atoms with Crippen molar-refractivity contribution in [1.82, 2.24) is 0 Å². The standard InChI is InChI=1S/C11H12BrNO3S/c1-17(14,15)11-3-2-8(7-12)6-9(11)10-4-5-16-13-10/h2-3,6H,4-5,7H2,1H3. The van der Waals surface area contributed by atoms with Crippen molar-refractivity contribution in [3.8, 4) is 0 Å². The molecular weight excluding hydrogens is 306 g/mol. The third-order valence-corrected chi connectivity index (χ3v) is 4.32. The summed E-state index contributed by atoms with van der Waals surface area (Å²) in [5.74, 6) is 0. The number of hydrogen-bond donors (Lipinski definition) is 0. The summed E-state index contributed by atoms with van der Waals surface area (Å²) >= 11 is 3.35. The lowest BCUT2D eigenvalue weighted by molar-refractivity contribution is 0.174. The highest BCUT2D eigenvalue weighted by molar-refractivity contribution is 9.08. The second-order valence-corrected chi connectivity index (χ2v) is 6.40. The van der Waals surface area contributed by atoms with Gasteiger partial charge in [-0.3, -0.25) is 0 Å². The van der Waals surface area contributed by atoms with Crippen molar-refractivity contribution in [1.29, 1.82) is 0 Å². The summed E-state index contributed by atoms with van der Waals surface area (Å²) in [5.41, 5.74) is 2.37. The second-order valence-electron chi connectivity index (χ2n) is 3.86. The molecule has 0 spiro atoms. The van der Waals surface area contributed by atoms with Crippen molar-refractivity contribution in [2.24, 2.45) is 5.16 Å². The summed E-state index contributed by atoms with van der Waals surface area (Å²) in [7, 11) is -3.25. The van der Waals surface area contributed by atoms with Gasteiger partial charge < -0.3 is 4.84 Å². The monoisotopic (exact) mass is 317 g/mol. The van der Waals surface area contributed by atoms with E-state index in [0.29, 0.717) is 34.5 Å². The van der Waals surface area contributed by atoms with Crippen LogP contribution < -0.4 is 0 Å². The van der Waals surface area contributed by atoms with Crippen LogP contribution in [0.5, 0.6) is 0 Å². The Kier molecular flexibility index (Phi) is 3.53. The molecule has 0 saturated heterocycles. The second kappa shape index (κ2) is 4.78. The largest absolute Gasteiger partial charge is 0.395 e. The summed E-state index contributed by atoms with van der Waals surface area (Å²) in [5, 5.41) is 4.57. The number of benzene rings is 1. The van der Waals surface area contributed by atoms with E-state index in [1.807, 2.05) is 6.07 Å². The molecule has 92 valence electrons. The van der Waals surface area contributed by atoms with Crippen molar-refractivity contribution in [2.45, 2.75) is 16.6 Å². The molecule has 1 heterocycles. The van der Waals surface area contributed by atoms with E-state index in [0.717, 1.165) is 5.56 Å². The Hall–Kier alpha value is -0.880. The molecule has 2 rings (SSSR count). The molecule has 1 aliphatic heterocycles. The number of oxime groups is 1. The molecule has 0 radical (unpaired) electrons. The van der Waals surface area contributed by atoms with E-state index in [-0.39, 0.29) is 0 Å². The summed E-state index contributed by atoms with van der Waals surface area (Å²) in [6.45, 7) is 0.511. The van der Waals surface area contributed by atoms with Crippen molar-refractivity contribution < 1.29 is 13.3 Å². The molecule has 0 N–H and O–H groups in total. The molecule has 0 bridgehead atoms. The zero-order chi connectivity index (χ0) is 12.5. The third-order valence-electron chi connectivity index (χ3n) is 2.51. The van der Waals surface area contributed by atoms with Crippen molar-refractivity contribution in [3.05, 3.63) is 29.3 Å². The van der Waals surface area contributed by atoms with Gasteiger partial charge in [0.05, 0.1) is 10.6 Å². The van der Waals surface area contributed by atoms with Gasteiger partial charge in [0, 0.05) is 23.6 Å². The first-order chi connectivity index (χ1) is 8.02. The Labute approximate surface area is 109 Å². The van der Waals surface area contributed by atoms with Gasteiger partial charge in [0.15, 0.2) is 9.84 Å². The zero-order valence-corrected chi connectivity index (χ0v) is 11.7. The normalized spacial score (nSPS) is 15.5. The average molecular weight is 318 g/mol. The number of halogens is 1. The molecule has 1 aromatic rings. The van der Waals surface area contributed by atoms with Crippen LogP contribution >= 0.6 is 15.9 Å². The van der Waals surface area contributed by atoms with Gasteiger partial charge in [-0.1, -0.05) is 27.2 Å². The molecule has 0 unspecified atom stereocenters. The Bertz CT molecular complexity index is 566. The van der Waals surface area contributed by atoms with E-state index in [2.05, 4.69) is 21.1 Å². The van der Waals surface area contributed by atoms with Crippen LogP contribution in [0, 0.1) is 0 Å². The molecule has 0 saturated carbocycles. The highest BCUT2D eigenvalue weighted by Crippen LogP contribution is 2.22. The smallest absolute Gasteiger partial charge is 0.176 e. The maximum Gasteiger partial charge on any atom is 0.176 e. The molecule has 0 aromatic heterocycles. The summed E-state index contributed by atoms with van der Waals surface area (Å²) in [4.78, 5) is 5.25. The Balaban J connectivity index is 2.60. The highest BCUT2D eigenvalue weighted by Gasteiger charge is 2.20. The van der Waals surface area contributed by atoms with Crippen LogP contribution in [0.3, 0.4) is 0 Å². The van der Waals surface area contributed by atoms with Gasteiger partial charge in [-0.2, -0.15) is 0 Å². The minimum absolute atomic E-state index is 0.312. The summed E-state index contributed by atoms with van der Waals surface area (Å²) < 4.78 is 23.4. The predicted molar refractivity (Wildman–Crippen MR) is 69.3 cm³/mol. The lowest BCUT2D eigenvalue weighted by Gasteiger charge is -2.08. The molecule has 4 nitrogen and oxygen atoms in total. The molecule has 1 aromatic carbocycles. The minimum atomic E-state index is -3.25. The van der Waals surface area contributed by atoms with Crippen LogP contribution in [0.25, 0.3) is 0 Å². The number of alkyl halides is 1. The van der Waals surface area contributed by atoms with E-state index < -0.39 is 9.84 Å². The fourth-order valence-electron chi connectivity index (χ4n) is 1.70. The van der Waals surface area contributed by atoms with Gasteiger partial charge in [-0.15, -0.1) is 0 Å². The lowest BCUT2D eigenvalue weighted by atomic mass is 10.1. The van der Waals surface area contributed by atoms with E-state index in [4.69, 9.17) is 4.84 Å². The Morgan fingerprint density at radius 1 is 1.47 bits per heavy atom. The van der Waals surface area contributed by atoms with Crippen LogP contribution in [-0.4, -0.2) is 27.0 Å². The maximum absolute atomic E-state index is 11.7. The van der Waals surface area contributed by atoms with Gasteiger partial charge in [0.2, 0.25) is 0 Å². The number of rotatable bonds is 3. The van der Waals surface area contributed by atoms with Gasteiger partial charge in [0.25, 0.3) is 0 Å². The first kappa shape index (κ1) is 12.6. The van der Waals surface area contributed by atoms with Gasteiger partial charge in [-0.05, 0) is 17.7 Å². The maximum atomic E-state index is 11.7. The molecule has 0 amide bonds. The lowest BCUT2D eigenvalue weighted by Crippen LogP contribution is -2.08. The fourth-order valence-corrected chi connectivity index (χ4v) is 2.94. The van der Waals surface area contributed by atoms with E-state index >= 15 is 0 Å². The zero-order valence-electron chi connectivity index (χ0n) is 9.31. The van der Waals surface area contributed by atoms with E-state index in [9.17, 15) is 8.42 Å². The predicted octanol–water partition coefficient (Wildman–Crippen LogP) is 2.11. The van der Waals surface area contributed by atoms with Gasteiger partial charge in [-0.25, -0.2) is 8.42 Å². The molecular formula is C11H12BrNO3S. The molecule has 0 fully saturated rings. The van der Waals surface area contributed by atoms with Crippen molar-refractivity contribution in [3.63, 3.8) is 0 Å². The summed E-state index contributed by atoms with van der Waals surface area (Å²) in [6, 6.07) is 5.27. The molecule has 0 aliphatic carbocycles. The van der Waals surface area contributed by atoms with Crippen LogP contribution in [0.4, 0.5) is 0 Å².